The number of ether oxygens (including phenoxy) is 1. The molecule has 1 aromatic heterocycles. The van der Waals surface area contributed by atoms with E-state index >= 15 is 0 Å². The molecule has 8 N–H and O–H groups in total. The van der Waals surface area contributed by atoms with Crippen LogP contribution in [0.2, 0.25) is 0 Å². The third-order valence-corrected chi connectivity index (χ3v) is 9.44. The number of carbonyl (C=O) groups excluding carboxylic acids is 2. The molecule has 3 unspecified atom stereocenters. The molecule has 3 atom stereocenters. The minimum Gasteiger partial charge on any atom is -0.398 e. The maximum absolute atomic E-state index is 14.0. The molecule has 2 aliphatic heterocycles. The number of ketones is 1. The number of anilines is 1. The summed E-state index contributed by atoms with van der Waals surface area (Å²) in [4.78, 5) is 27.9. The van der Waals surface area contributed by atoms with Gasteiger partial charge in [0, 0.05) is 42.4 Å². The van der Waals surface area contributed by atoms with Crippen LogP contribution < -0.4 is 27.8 Å². The van der Waals surface area contributed by atoms with Gasteiger partial charge in [-0.1, -0.05) is 30.3 Å². The first-order chi connectivity index (χ1) is 17.9. The van der Waals surface area contributed by atoms with Gasteiger partial charge in [-0.15, -0.1) is 11.3 Å². The highest BCUT2D eigenvalue weighted by Crippen LogP contribution is 2.49. The fourth-order valence-corrected chi connectivity index (χ4v) is 7.34. The van der Waals surface area contributed by atoms with Gasteiger partial charge in [-0.05, 0) is 60.9 Å². The molecular weight excluding hydrogens is 486 g/mol. The molecule has 194 valence electrons. The van der Waals surface area contributed by atoms with E-state index in [9.17, 15) is 9.59 Å². The quantitative estimate of drug-likeness (QED) is 0.333. The molecule has 0 saturated carbocycles. The molecular formula is C28H33N5O3S. The van der Waals surface area contributed by atoms with Gasteiger partial charge in [-0.3, -0.25) is 9.59 Å². The standard InChI is InChI=1S/C28H33N5O3S/c29-20-7-6-19-21-22(25(37-24(20)21)27(35)33-18-5-2-10-32-14-18)23(30)26(34)28(19,31)17-4-1-3-16(13-17)15-8-11-36-12-9-15/h1,3-4,6-7,13,15,18,23,32H,2,5,8-12,14,29-31H2,(H,33,35). The number of Topliss-reactive ketones (excluding diaryl/α,β-unsaturated/α-hetero) is 1. The minimum absolute atomic E-state index is 0.0347. The lowest BCUT2D eigenvalue weighted by atomic mass is 9.70. The van der Waals surface area contributed by atoms with E-state index in [0.29, 0.717) is 33.2 Å². The van der Waals surface area contributed by atoms with Crippen molar-refractivity contribution in [1.82, 2.24) is 10.6 Å². The molecule has 3 heterocycles. The summed E-state index contributed by atoms with van der Waals surface area (Å²) >= 11 is 1.29. The fraction of sp³-hybridized carbons (Fsp3) is 0.429. The maximum atomic E-state index is 14.0. The number of hydrogen-bond acceptors (Lipinski definition) is 8. The van der Waals surface area contributed by atoms with Crippen molar-refractivity contribution in [2.45, 2.75) is 49.2 Å². The SMILES string of the molecule is Nc1ccc2c3c(c(C(=O)NC4CCCNC4)sc13)C(N)C(=O)C2(N)c1cccc(C2CCOCC2)c1. The molecule has 1 amide bonds. The van der Waals surface area contributed by atoms with Gasteiger partial charge >= 0.3 is 0 Å². The van der Waals surface area contributed by atoms with Crippen LogP contribution in [0.3, 0.4) is 0 Å². The van der Waals surface area contributed by atoms with Gasteiger partial charge in [0.25, 0.3) is 5.91 Å². The average molecular weight is 520 g/mol. The van der Waals surface area contributed by atoms with E-state index in [0.717, 1.165) is 67.6 Å². The summed E-state index contributed by atoms with van der Waals surface area (Å²) in [6, 6.07) is 10.6. The summed E-state index contributed by atoms with van der Waals surface area (Å²) in [5.41, 5.74) is 22.2. The van der Waals surface area contributed by atoms with E-state index < -0.39 is 11.6 Å². The van der Waals surface area contributed by atoms with Crippen molar-refractivity contribution in [2.75, 3.05) is 32.0 Å². The summed E-state index contributed by atoms with van der Waals surface area (Å²) in [6.07, 6.45) is 3.78. The van der Waals surface area contributed by atoms with E-state index in [1.807, 2.05) is 24.3 Å². The molecule has 0 bridgehead atoms. The Balaban J connectivity index is 1.47. The van der Waals surface area contributed by atoms with Crippen LogP contribution in [-0.4, -0.2) is 44.0 Å². The molecule has 0 spiro atoms. The highest BCUT2D eigenvalue weighted by Gasteiger charge is 2.49. The average Bonchev–Trinajstić information content (AvgIpc) is 3.34. The van der Waals surface area contributed by atoms with Gasteiger partial charge in [0.1, 0.15) is 5.54 Å². The summed E-state index contributed by atoms with van der Waals surface area (Å²) in [5.74, 6) is -0.177. The smallest absolute Gasteiger partial charge is 0.262 e. The second-order valence-corrected chi connectivity index (χ2v) is 11.5. The first-order valence-corrected chi connectivity index (χ1v) is 13.8. The van der Waals surface area contributed by atoms with Gasteiger partial charge < -0.3 is 32.6 Å². The Morgan fingerprint density at radius 2 is 1.97 bits per heavy atom. The summed E-state index contributed by atoms with van der Waals surface area (Å²) in [6.45, 7) is 3.13. The van der Waals surface area contributed by atoms with Gasteiger partial charge in [0.2, 0.25) is 0 Å². The van der Waals surface area contributed by atoms with E-state index in [4.69, 9.17) is 21.9 Å². The Morgan fingerprint density at radius 1 is 1.16 bits per heavy atom. The molecule has 0 radical (unpaired) electrons. The third-order valence-electron chi connectivity index (χ3n) is 8.19. The number of benzene rings is 2. The number of nitrogens with two attached hydrogens (primary N) is 3. The van der Waals surface area contributed by atoms with Crippen LogP contribution in [0.4, 0.5) is 5.69 Å². The Labute approximate surface area is 219 Å². The Hall–Kier alpha value is -2.82. The fourth-order valence-electron chi connectivity index (χ4n) is 6.14. The van der Waals surface area contributed by atoms with Gasteiger partial charge in [-0.25, -0.2) is 0 Å². The first kappa shape index (κ1) is 24.5. The van der Waals surface area contributed by atoms with Gasteiger partial charge in [0.15, 0.2) is 5.78 Å². The van der Waals surface area contributed by atoms with E-state index in [1.54, 1.807) is 6.07 Å². The summed E-state index contributed by atoms with van der Waals surface area (Å²) in [7, 11) is 0. The molecule has 2 saturated heterocycles. The number of piperidine rings is 1. The van der Waals surface area contributed by atoms with Crippen molar-refractivity contribution in [3.05, 3.63) is 63.5 Å². The lowest BCUT2D eigenvalue weighted by molar-refractivity contribution is -0.124. The van der Waals surface area contributed by atoms with Crippen LogP contribution in [0.15, 0.2) is 36.4 Å². The highest BCUT2D eigenvalue weighted by atomic mass is 32.1. The lowest BCUT2D eigenvalue weighted by Crippen LogP contribution is -2.52. The van der Waals surface area contributed by atoms with Crippen LogP contribution in [-0.2, 0) is 15.1 Å². The Morgan fingerprint density at radius 3 is 2.73 bits per heavy atom. The van der Waals surface area contributed by atoms with Crippen molar-refractivity contribution in [3.8, 4) is 0 Å². The van der Waals surface area contributed by atoms with Crippen molar-refractivity contribution in [2.24, 2.45) is 11.5 Å². The van der Waals surface area contributed by atoms with Gasteiger partial charge in [0.05, 0.1) is 15.6 Å². The van der Waals surface area contributed by atoms with Crippen molar-refractivity contribution >= 4 is 38.8 Å². The number of nitrogen functional groups attached to an aromatic ring is 1. The predicted molar refractivity (Wildman–Crippen MR) is 146 cm³/mol. The zero-order valence-corrected chi connectivity index (χ0v) is 21.5. The van der Waals surface area contributed by atoms with Crippen LogP contribution in [0.25, 0.3) is 10.1 Å². The number of thiophene rings is 1. The Bertz CT molecular complexity index is 1380. The number of nitrogens with one attached hydrogen (secondary N) is 2. The number of rotatable bonds is 4. The first-order valence-electron chi connectivity index (χ1n) is 13.0. The third kappa shape index (κ3) is 3.97. The zero-order valence-electron chi connectivity index (χ0n) is 20.7. The molecule has 37 heavy (non-hydrogen) atoms. The molecule has 3 aromatic rings. The second kappa shape index (κ2) is 9.49. The van der Waals surface area contributed by atoms with E-state index in [2.05, 4.69) is 16.7 Å². The van der Waals surface area contributed by atoms with E-state index in [1.165, 1.54) is 11.3 Å². The molecule has 8 nitrogen and oxygen atoms in total. The minimum atomic E-state index is -1.44. The van der Waals surface area contributed by atoms with E-state index in [-0.39, 0.29) is 17.7 Å². The summed E-state index contributed by atoms with van der Waals surface area (Å²) in [5, 5.41) is 7.18. The highest BCUT2D eigenvalue weighted by molar-refractivity contribution is 7.21. The number of amides is 1. The monoisotopic (exact) mass is 519 g/mol. The predicted octanol–water partition coefficient (Wildman–Crippen LogP) is 2.64. The maximum Gasteiger partial charge on any atom is 0.262 e. The number of carbonyl (C=O) groups is 2. The molecule has 1 aliphatic carbocycles. The van der Waals surface area contributed by atoms with Crippen molar-refractivity contribution in [3.63, 3.8) is 0 Å². The van der Waals surface area contributed by atoms with Gasteiger partial charge in [-0.2, -0.15) is 0 Å². The molecule has 3 aliphatic rings. The largest absolute Gasteiger partial charge is 0.398 e. The van der Waals surface area contributed by atoms with Crippen LogP contribution in [0.5, 0.6) is 0 Å². The Kier molecular flexibility index (Phi) is 6.29. The normalized spacial score (nSPS) is 26.4. The van der Waals surface area contributed by atoms with Crippen molar-refractivity contribution < 1.29 is 14.3 Å². The lowest BCUT2D eigenvalue weighted by Gasteiger charge is -2.37. The molecule has 2 aromatic carbocycles. The van der Waals surface area contributed by atoms with Crippen LogP contribution >= 0.6 is 11.3 Å². The number of hydrogen-bond donors (Lipinski definition) is 5. The topological polar surface area (TPSA) is 145 Å². The molecule has 2 fully saturated rings. The molecule has 6 rings (SSSR count). The van der Waals surface area contributed by atoms with Crippen LogP contribution in [0.1, 0.15) is 69.6 Å². The zero-order chi connectivity index (χ0) is 25.7. The van der Waals surface area contributed by atoms with Crippen LogP contribution in [0, 0.1) is 0 Å². The second-order valence-electron chi connectivity index (χ2n) is 10.4. The summed E-state index contributed by atoms with van der Waals surface area (Å²) < 4.78 is 6.28. The van der Waals surface area contributed by atoms with Crippen molar-refractivity contribution in [1.29, 1.82) is 0 Å². The molecule has 9 heteroatoms.